The molecule has 0 N–H and O–H groups in total. The van der Waals surface area contributed by atoms with Crippen molar-refractivity contribution < 1.29 is 14.3 Å². The van der Waals surface area contributed by atoms with E-state index in [9.17, 15) is 9.59 Å². The molecule has 0 spiro atoms. The lowest BCUT2D eigenvalue weighted by Crippen LogP contribution is -2.49. The molecule has 134 valence electrons. The predicted molar refractivity (Wildman–Crippen MR) is 96.8 cm³/mol. The van der Waals surface area contributed by atoms with Crippen molar-refractivity contribution in [2.24, 2.45) is 22.7 Å². The van der Waals surface area contributed by atoms with Gasteiger partial charge in [0.1, 0.15) is 11.4 Å². The first kappa shape index (κ1) is 16.8. The molecule has 1 saturated carbocycles. The fraction of sp³-hybridized carbons (Fsp3) is 0.636. The van der Waals surface area contributed by atoms with Crippen molar-refractivity contribution in [3.63, 3.8) is 0 Å². The van der Waals surface area contributed by atoms with Crippen LogP contribution in [0.1, 0.15) is 60.8 Å². The van der Waals surface area contributed by atoms with Gasteiger partial charge in [-0.3, -0.25) is 9.59 Å². The van der Waals surface area contributed by atoms with Crippen LogP contribution in [0.25, 0.3) is 0 Å². The number of hydrogen-bond acceptors (Lipinski definition) is 3. The first-order chi connectivity index (χ1) is 11.5. The van der Waals surface area contributed by atoms with Gasteiger partial charge < -0.3 is 4.74 Å². The van der Waals surface area contributed by atoms with Crippen molar-refractivity contribution in [2.45, 2.75) is 66.4 Å². The Morgan fingerprint density at radius 3 is 2.40 bits per heavy atom. The molecule has 0 aromatic rings. The average molecular weight is 340 g/mol. The molecule has 0 bridgehead atoms. The number of hydrogen-bond donors (Lipinski definition) is 0. The summed E-state index contributed by atoms with van der Waals surface area (Å²) in [6.07, 6.45) is 7.42. The Morgan fingerprint density at radius 1 is 1.04 bits per heavy atom. The molecule has 3 heteroatoms. The van der Waals surface area contributed by atoms with Gasteiger partial charge in [0.2, 0.25) is 11.6 Å². The maximum atomic E-state index is 13.2. The van der Waals surface area contributed by atoms with E-state index in [-0.39, 0.29) is 34.2 Å². The number of ketones is 2. The molecule has 0 radical (unpaired) electrons. The van der Waals surface area contributed by atoms with Gasteiger partial charge in [-0.2, -0.15) is 0 Å². The zero-order chi connectivity index (χ0) is 18.4. The normalized spacial score (nSPS) is 38.3. The Bertz CT molecular complexity index is 790. The highest BCUT2D eigenvalue weighted by atomic mass is 16.5. The standard InChI is InChI=1S/C22H28O3/c1-12-15-17(23)18(24)16-13(19(15)25-21(12,4)5)8-9-14-20(2,3)10-7-11-22(14,16)6/h8-9,12,16H,7,10-11H2,1-6H3. The summed E-state index contributed by atoms with van der Waals surface area (Å²) >= 11 is 0. The molecule has 3 nitrogen and oxygen atoms in total. The molecule has 1 heterocycles. The third-order valence-corrected chi connectivity index (χ3v) is 7.30. The number of carbonyl (C=O) groups is 2. The van der Waals surface area contributed by atoms with Crippen LogP contribution in [0.3, 0.4) is 0 Å². The quantitative estimate of drug-likeness (QED) is 0.608. The smallest absolute Gasteiger partial charge is 0.229 e. The van der Waals surface area contributed by atoms with Gasteiger partial charge in [-0.1, -0.05) is 51.8 Å². The SMILES string of the molecule is CC1C2=C(OC1(C)C)C1=CC=C3C(C)(C)CCCC3(C)C1C(=O)C2=O. The fourth-order valence-corrected chi connectivity index (χ4v) is 5.63. The monoisotopic (exact) mass is 340 g/mol. The summed E-state index contributed by atoms with van der Waals surface area (Å²) in [5, 5.41) is 0. The van der Waals surface area contributed by atoms with Crippen molar-refractivity contribution in [3.05, 3.63) is 34.6 Å². The van der Waals surface area contributed by atoms with Gasteiger partial charge in [0.15, 0.2) is 0 Å². The zero-order valence-corrected chi connectivity index (χ0v) is 16.2. The first-order valence-electron chi connectivity index (χ1n) is 9.46. The van der Waals surface area contributed by atoms with Crippen LogP contribution in [-0.2, 0) is 14.3 Å². The number of ether oxygens (including phenoxy) is 1. The summed E-state index contributed by atoms with van der Waals surface area (Å²) in [4.78, 5) is 26.2. The lowest BCUT2D eigenvalue weighted by Gasteiger charge is -2.52. The molecule has 0 aromatic carbocycles. The lowest BCUT2D eigenvalue weighted by molar-refractivity contribution is -0.139. The van der Waals surface area contributed by atoms with Crippen molar-refractivity contribution in [2.75, 3.05) is 0 Å². The summed E-state index contributed by atoms with van der Waals surface area (Å²) in [6.45, 7) is 12.7. The number of Topliss-reactive ketones (excluding diaryl/α,β-unsaturated/α-hetero) is 2. The van der Waals surface area contributed by atoms with Crippen molar-refractivity contribution in [1.29, 1.82) is 0 Å². The van der Waals surface area contributed by atoms with Gasteiger partial charge in [0.25, 0.3) is 0 Å². The first-order valence-corrected chi connectivity index (χ1v) is 9.46. The van der Waals surface area contributed by atoms with E-state index in [4.69, 9.17) is 4.74 Å². The third kappa shape index (κ3) is 1.98. The molecule has 0 amide bonds. The fourth-order valence-electron chi connectivity index (χ4n) is 5.63. The van der Waals surface area contributed by atoms with E-state index in [0.717, 1.165) is 24.8 Å². The van der Waals surface area contributed by atoms with Crippen molar-refractivity contribution >= 4 is 11.6 Å². The van der Waals surface area contributed by atoms with Gasteiger partial charge in [0, 0.05) is 16.9 Å². The van der Waals surface area contributed by atoms with Gasteiger partial charge in [0.05, 0.1) is 11.5 Å². The van der Waals surface area contributed by atoms with Gasteiger partial charge in [-0.25, -0.2) is 0 Å². The number of carbonyl (C=O) groups excluding carboxylic acids is 2. The highest BCUT2D eigenvalue weighted by molar-refractivity contribution is 6.46. The molecular weight excluding hydrogens is 312 g/mol. The van der Waals surface area contributed by atoms with Crippen LogP contribution >= 0.6 is 0 Å². The van der Waals surface area contributed by atoms with Crippen LogP contribution in [-0.4, -0.2) is 17.2 Å². The molecule has 25 heavy (non-hydrogen) atoms. The van der Waals surface area contributed by atoms with Crippen molar-refractivity contribution in [1.82, 2.24) is 0 Å². The minimum Gasteiger partial charge on any atom is -0.486 e. The largest absolute Gasteiger partial charge is 0.486 e. The van der Waals surface area contributed by atoms with Gasteiger partial charge in [-0.05, 0) is 32.1 Å². The molecule has 4 rings (SSSR count). The average Bonchev–Trinajstić information content (AvgIpc) is 2.74. The molecule has 3 atom stereocenters. The van der Waals surface area contributed by atoms with E-state index in [2.05, 4.69) is 32.9 Å². The summed E-state index contributed by atoms with van der Waals surface area (Å²) in [7, 11) is 0. The Balaban J connectivity index is 1.93. The minimum absolute atomic E-state index is 0.0656. The Labute approximate surface area is 150 Å². The van der Waals surface area contributed by atoms with E-state index in [1.54, 1.807) is 0 Å². The maximum absolute atomic E-state index is 13.2. The highest BCUT2D eigenvalue weighted by Gasteiger charge is 2.59. The second-order valence-electron chi connectivity index (χ2n) is 9.65. The van der Waals surface area contributed by atoms with E-state index >= 15 is 0 Å². The van der Waals surface area contributed by atoms with Gasteiger partial charge >= 0.3 is 0 Å². The molecular formula is C22H28O3. The molecule has 0 aromatic heterocycles. The minimum atomic E-state index is -0.451. The van der Waals surface area contributed by atoms with Crippen LogP contribution in [0.4, 0.5) is 0 Å². The third-order valence-electron chi connectivity index (χ3n) is 7.30. The Hall–Kier alpha value is -1.64. The van der Waals surface area contributed by atoms with Crippen LogP contribution < -0.4 is 0 Å². The molecule has 1 aliphatic heterocycles. The van der Waals surface area contributed by atoms with E-state index in [1.165, 1.54) is 5.57 Å². The Morgan fingerprint density at radius 2 is 1.72 bits per heavy atom. The van der Waals surface area contributed by atoms with Crippen LogP contribution in [0, 0.1) is 22.7 Å². The molecule has 3 unspecified atom stereocenters. The highest BCUT2D eigenvalue weighted by Crippen LogP contribution is 2.61. The zero-order valence-electron chi connectivity index (χ0n) is 16.2. The number of rotatable bonds is 0. The summed E-state index contributed by atoms with van der Waals surface area (Å²) in [6, 6.07) is 0. The molecule has 4 aliphatic rings. The maximum Gasteiger partial charge on any atom is 0.229 e. The van der Waals surface area contributed by atoms with E-state index in [1.807, 2.05) is 20.8 Å². The molecule has 1 fully saturated rings. The van der Waals surface area contributed by atoms with Crippen LogP contribution in [0.5, 0.6) is 0 Å². The summed E-state index contributed by atoms with van der Waals surface area (Å²) in [5.74, 6) is -0.321. The lowest BCUT2D eigenvalue weighted by atomic mass is 9.51. The topological polar surface area (TPSA) is 43.4 Å². The van der Waals surface area contributed by atoms with Crippen LogP contribution in [0.15, 0.2) is 34.6 Å². The summed E-state index contributed by atoms with van der Waals surface area (Å²) < 4.78 is 6.24. The van der Waals surface area contributed by atoms with Crippen molar-refractivity contribution in [3.8, 4) is 0 Å². The van der Waals surface area contributed by atoms with Crippen LogP contribution in [0.2, 0.25) is 0 Å². The molecule has 0 saturated heterocycles. The summed E-state index contributed by atoms with van der Waals surface area (Å²) in [5.41, 5.74) is 2.17. The van der Waals surface area contributed by atoms with E-state index < -0.39 is 5.60 Å². The number of allylic oxidation sites excluding steroid dienone is 4. The number of fused-ring (bicyclic) bond motifs is 4. The molecule has 3 aliphatic carbocycles. The second-order valence-corrected chi connectivity index (χ2v) is 9.65. The van der Waals surface area contributed by atoms with Gasteiger partial charge in [-0.15, -0.1) is 0 Å². The second kappa shape index (κ2) is 4.75. The predicted octanol–water partition coefficient (Wildman–Crippen LogP) is 4.54. The Kier molecular flexibility index (Phi) is 3.19. The van der Waals surface area contributed by atoms with E-state index in [0.29, 0.717) is 11.3 Å².